The molecule has 0 amide bonds. The number of phenols is 6. The Morgan fingerprint density at radius 1 is 0.536 bits per heavy atom. The Labute approximate surface area is 320 Å². The van der Waals surface area contributed by atoms with Crippen LogP contribution in [0.4, 0.5) is 11.4 Å². The van der Waals surface area contributed by atoms with Crippen molar-refractivity contribution in [1.82, 2.24) is 0 Å². The Morgan fingerprint density at radius 3 is 1.18 bits per heavy atom. The van der Waals surface area contributed by atoms with Gasteiger partial charge in [-0.15, -0.1) is 0 Å². The quantitative estimate of drug-likeness (QED) is 0.0482. The number of ketones is 2. The maximum atomic E-state index is 15.0. The molecule has 4 aromatic carbocycles. The minimum Gasteiger partial charge on any atom is -0.506 e. The van der Waals surface area contributed by atoms with E-state index in [1.165, 1.54) is 38.1 Å². The smallest absolute Gasteiger partial charge is 0.195 e. The van der Waals surface area contributed by atoms with Crippen molar-refractivity contribution in [1.29, 1.82) is 0 Å². The number of hydrogen-bond acceptors (Lipinski definition) is 14. The predicted molar refractivity (Wildman–Crippen MR) is 209 cm³/mol. The molecule has 4 aromatic rings. The number of anilines is 2. The number of para-hydroxylation sites is 4. The standard InChI is InChI=1S/C42H38N4O10/c1-17(2)27-33-31(21(15-47)37(51)41(27)55)39(53)29(19(5)35(33)45-43-23-11-7-9-13-25(23)49)30-20(6)36(46-44-24-12-8-10-14-26(24)50)34-28(18(3)4)42(56)38(52)22(16-48)32(34)40(30)54/h7-18,43-44,49-52,55-56H,1-6H3/b45-35+,46-36+. The Hall–Kier alpha value is -7.22. The summed E-state index contributed by atoms with van der Waals surface area (Å²) in [5, 5.41) is 74.8. The fourth-order valence-electron chi connectivity index (χ4n) is 7.29. The van der Waals surface area contributed by atoms with Crippen molar-refractivity contribution in [3.8, 4) is 34.5 Å². The second kappa shape index (κ2) is 14.5. The van der Waals surface area contributed by atoms with E-state index >= 15 is 9.59 Å². The van der Waals surface area contributed by atoms with Crippen LogP contribution in [-0.4, -0.2) is 66.2 Å². The molecule has 0 saturated carbocycles. The van der Waals surface area contributed by atoms with Gasteiger partial charge in [0, 0.05) is 44.5 Å². The summed E-state index contributed by atoms with van der Waals surface area (Å²) >= 11 is 0. The third-order valence-electron chi connectivity index (χ3n) is 9.91. The van der Waals surface area contributed by atoms with E-state index in [9.17, 15) is 40.2 Å². The minimum absolute atomic E-state index is 0.0122. The first-order chi connectivity index (χ1) is 26.6. The van der Waals surface area contributed by atoms with Crippen molar-refractivity contribution in [3.05, 3.63) is 115 Å². The third-order valence-corrected chi connectivity index (χ3v) is 9.91. The number of benzene rings is 4. The van der Waals surface area contributed by atoms with E-state index < -0.39 is 57.5 Å². The van der Waals surface area contributed by atoms with Gasteiger partial charge in [0.1, 0.15) is 11.5 Å². The van der Waals surface area contributed by atoms with Crippen LogP contribution >= 0.6 is 0 Å². The lowest BCUT2D eigenvalue weighted by molar-refractivity contribution is 0.0989. The first-order valence-electron chi connectivity index (χ1n) is 17.5. The van der Waals surface area contributed by atoms with E-state index in [0.29, 0.717) is 0 Å². The number of carbonyl (C=O) groups excluding carboxylic acids is 4. The van der Waals surface area contributed by atoms with Gasteiger partial charge in [-0.05, 0) is 61.1 Å². The largest absolute Gasteiger partial charge is 0.506 e. The highest BCUT2D eigenvalue weighted by molar-refractivity contribution is 6.40. The number of Topliss-reactive ketones (excluding diaryl/α,β-unsaturated/α-hetero) is 2. The van der Waals surface area contributed by atoms with Gasteiger partial charge in [0.15, 0.2) is 47.1 Å². The van der Waals surface area contributed by atoms with Crippen LogP contribution in [0.25, 0.3) is 0 Å². The van der Waals surface area contributed by atoms with Gasteiger partial charge in [0.05, 0.1) is 33.9 Å². The number of phenolic OH excluding ortho intramolecular Hbond substituents is 6. The zero-order chi connectivity index (χ0) is 40.9. The zero-order valence-corrected chi connectivity index (χ0v) is 31.1. The third kappa shape index (κ3) is 5.91. The zero-order valence-electron chi connectivity index (χ0n) is 31.1. The highest BCUT2D eigenvalue weighted by Gasteiger charge is 2.44. The maximum Gasteiger partial charge on any atom is 0.195 e. The number of nitrogens with zero attached hydrogens (tertiary/aromatic N) is 2. The van der Waals surface area contributed by atoms with Gasteiger partial charge in [-0.3, -0.25) is 30.0 Å². The molecule has 0 bridgehead atoms. The van der Waals surface area contributed by atoms with Gasteiger partial charge >= 0.3 is 0 Å². The Balaban J connectivity index is 1.76. The van der Waals surface area contributed by atoms with Gasteiger partial charge < -0.3 is 30.6 Å². The lowest BCUT2D eigenvalue weighted by atomic mass is 9.70. The van der Waals surface area contributed by atoms with Gasteiger partial charge in [0.2, 0.25) is 0 Å². The maximum absolute atomic E-state index is 15.0. The molecule has 0 aromatic heterocycles. The van der Waals surface area contributed by atoms with Crippen LogP contribution in [0.5, 0.6) is 34.5 Å². The second-order valence-corrected chi connectivity index (χ2v) is 13.9. The van der Waals surface area contributed by atoms with E-state index in [-0.39, 0.29) is 103 Å². The minimum atomic E-state index is -0.919. The molecule has 56 heavy (non-hydrogen) atoms. The molecular formula is C42H38N4O10. The predicted octanol–water partition coefficient (Wildman–Crippen LogP) is 7.15. The lowest BCUT2D eigenvalue weighted by Crippen LogP contribution is -2.33. The van der Waals surface area contributed by atoms with Crippen LogP contribution in [0, 0.1) is 0 Å². The molecular weight excluding hydrogens is 720 g/mol. The first-order valence-corrected chi connectivity index (χ1v) is 17.5. The molecule has 14 heteroatoms. The van der Waals surface area contributed by atoms with Crippen LogP contribution in [0.2, 0.25) is 0 Å². The SMILES string of the molecule is CC1=C(C2=C(C)/C(=N\Nc3ccccc3O)c3c(c(C=O)c(O)c(O)c3C(C)C)C2=O)C(=O)c2c(C=O)c(O)c(O)c(C(C)C)c2/C1=N/Nc1ccccc1O. The molecule has 8 N–H and O–H groups in total. The molecule has 0 aliphatic heterocycles. The number of hydrazone groups is 2. The number of allylic oxidation sites excluding steroid dienone is 4. The summed E-state index contributed by atoms with van der Waals surface area (Å²) in [7, 11) is 0. The molecule has 286 valence electrons. The molecule has 14 nitrogen and oxygen atoms in total. The summed E-state index contributed by atoms with van der Waals surface area (Å²) in [4.78, 5) is 55.4. The van der Waals surface area contributed by atoms with Gasteiger partial charge in [0.25, 0.3) is 0 Å². The van der Waals surface area contributed by atoms with Crippen molar-refractivity contribution in [2.24, 2.45) is 10.2 Å². The van der Waals surface area contributed by atoms with Crippen LogP contribution in [-0.2, 0) is 0 Å². The summed E-state index contributed by atoms with van der Waals surface area (Å²) < 4.78 is 0. The normalized spacial score (nSPS) is 15.5. The topological polar surface area (TPSA) is 238 Å². The summed E-state index contributed by atoms with van der Waals surface area (Å²) in [5.74, 6) is -6.37. The Kier molecular flexibility index (Phi) is 10.0. The fraction of sp³-hybridized carbons (Fsp3) is 0.190. The molecule has 0 radical (unpaired) electrons. The molecule has 0 spiro atoms. The molecule has 0 saturated heterocycles. The van der Waals surface area contributed by atoms with Crippen molar-refractivity contribution in [2.45, 2.75) is 53.4 Å². The Morgan fingerprint density at radius 2 is 0.875 bits per heavy atom. The first kappa shape index (κ1) is 38.5. The summed E-state index contributed by atoms with van der Waals surface area (Å²) in [6.45, 7) is 9.70. The van der Waals surface area contributed by atoms with Crippen LogP contribution in [0.15, 0.2) is 81.0 Å². The van der Waals surface area contributed by atoms with Crippen molar-refractivity contribution in [3.63, 3.8) is 0 Å². The fourth-order valence-corrected chi connectivity index (χ4v) is 7.29. The van der Waals surface area contributed by atoms with Gasteiger partial charge in [-0.2, -0.15) is 10.2 Å². The average Bonchev–Trinajstić information content (AvgIpc) is 3.15. The van der Waals surface area contributed by atoms with Crippen LogP contribution in [0.3, 0.4) is 0 Å². The number of aromatic hydroxyl groups is 6. The molecule has 0 atom stereocenters. The van der Waals surface area contributed by atoms with Crippen molar-refractivity contribution in [2.75, 3.05) is 10.9 Å². The lowest BCUT2D eigenvalue weighted by Gasteiger charge is -2.32. The van der Waals surface area contributed by atoms with Crippen molar-refractivity contribution >= 4 is 46.9 Å². The number of fused-ring (bicyclic) bond motifs is 2. The number of rotatable bonds is 9. The molecule has 2 aliphatic carbocycles. The monoisotopic (exact) mass is 758 g/mol. The van der Waals surface area contributed by atoms with E-state index in [0.717, 1.165) is 0 Å². The molecule has 0 unspecified atom stereocenters. The van der Waals surface area contributed by atoms with E-state index in [4.69, 9.17) is 0 Å². The Bertz CT molecular complexity index is 2370. The molecule has 0 heterocycles. The second-order valence-electron chi connectivity index (χ2n) is 13.9. The molecule has 6 rings (SSSR count). The highest BCUT2D eigenvalue weighted by Crippen LogP contribution is 2.50. The molecule has 2 aliphatic rings. The molecule has 0 fully saturated rings. The number of nitrogens with one attached hydrogen (secondary N) is 2. The van der Waals surface area contributed by atoms with Crippen molar-refractivity contribution < 1.29 is 49.8 Å². The van der Waals surface area contributed by atoms with Gasteiger partial charge in [-0.25, -0.2) is 0 Å². The van der Waals surface area contributed by atoms with Crippen LogP contribution in [0.1, 0.15) is 117 Å². The van der Waals surface area contributed by atoms with Crippen LogP contribution < -0.4 is 10.9 Å². The van der Waals surface area contributed by atoms with E-state index in [1.807, 2.05) is 0 Å². The average molecular weight is 759 g/mol. The summed E-state index contributed by atoms with van der Waals surface area (Å²) in [5.41, 5.74) is 3.38. The van der Waals surface area contributed by atoms with E-state index in [1.54, 1.807) is 52.0 Å². The number of aldehydes is 2. The summed E-state index contributed by atoms with van der Waals surface area (Å²) in [6.07, 6.45) is 0.398. The highest BCUT2D eigenvalue weighted by atomic mass is 16.3. The summed E-state index contributed by atoms with van der Waals surface area (Å²) in [6, 6.07) is 12.3. The van der Waals surface area contributed by atoms with Gasteiger partial charge in [-0.1, -0.05) is 52.0 Å². The van der Waals surface area contributed by atoms with E-state index in [2.05, 4.69) is 21.1 Å². The number of carbonyl (C=O) groups is 4. The number of hydrogen-bond donors (Lipinski definition) is 8.